The van der Waals surface area contributed by atoms with Gasteiger partial charge < -0.3 is 9.84 Å². The molecule has 1 N–H and O–H groups in total. The lowest BCUT2D eigenvalue weighted by atomic mass is 9.82. The Labute approximate surface area is 169 Å². The highest BCUT2D eigenvalue weighted by molar-refractivity contribution is 6.20. The molecule has 0 radical (unpaired) electrons. The van der Waals surface area contributed by atoms with Crippen LogP contribution in [0.5, 0.6) is 0 Å². The normalized spacial score (nSPS) is 29.4. The van der Waals surface area contributed by atoms with Gasteiger partial charge in [0.1, 0.15) is 11.1 Å². The highest BCUT2D eigenvalue weighted by Gasteiger charge is 2.67. The molecule has 1 spiro atoms. The maximum absolute atomic E-state index is 13.8. The molecule has 5 rings (SSSR count). The minimum absolute atomic E-state index is 0.0118. The van der Waals surface area contributed by atoms with Gasteiger partial charge in [-0.1, -0.05) is 60.7 Å². The molecular formula is C24H23NO4. The van der Waals surface area contributed by atoms with Gasteiger partial charge in [-0.05, 0) is 36.2 Å². The molecule has 0 saturated carbocycles. The number of methoxy groups -OCH3 is 1. The second-order valence-corrected chi connectivity index (χ2v) is 8.17. The summed E-state index contributed by atoms with van der Waals surface area (Å²) in [5, 5.41) is 13.3. The minimum atomic E-state index is -1.31. The monoisotopic (exact) mass is 389 g/mol. The molecule has 0 amide bonds. The van der Waals surface area contributed by atoms with E-state index in [2.05, 4.69) is 0 Å². The predicted molar refractivity (Wildman–Crippen MR) is 109 cm³/mol. The van der Waals surface area contributed by atoms with E-state index >= 15 is 0 Å². The molecule has 3 aliphatic rings. The number of aliphatic hydroxyl groups is 1. The van der Waals surface area contributed by atoms with Crippen LogP contribution in [0, 0.1) is 5.92 Å². The van der Waals surface area contributed by atoms with E-state index in [0.717, 1.165) is 16.3 Å². The highest BCUT2D eigenvalue weighted by atomic mass is 16.5. The van der Waals surface area contributed by atoms with E-state index in [1.165, 1.54) is 7.11 Å². The third-order valence-electron chi connectivity index (χ3n) is 7.18. The van der Waals surface area contributed by atoms with Crippen LogP contribution in [-0.2, 0) is 15.1 Å². The second kappa shape index (κ2) is 6.12. The zero-order valence-electron chi connectivity index (χ0n) is 16.5. The Morgan fingerprint density at radius 2 is 1.86 bits per heavy atom. The number of hydrogen-bond donors (Lipinski definition) is 1. The quantitative estimate of drug-likeness (QED) is 0.818. The minimum Gasteiger partial charge on any atom is -0.468 e. The number of fused-ring (bicyclic) bond motifs is 1. The first kappa shape index (κ1) is 18.3. The number of carbonyl (C=O) groups excluding carboxylic acids is 2. The first-order chi connectivity index (χ1) is 14.0. The number of benzene rings is 2. The first-order valence-electron chi connectivity index (χ1n) is 9.91. The number of likely N-dealkylation sites (tertiary alicyclic amines) is 1. The fourth-order valence-electron chi connectivity index (χ4n) is 5.71. The Morgan fingerprint density at radius 3 is 2.55 bits per heavy atom. The maximum Gasteiger partial charge on any atom is 0.329 e. The van der Waals surface area contributed by atoms with Crippen molar-refractivity contribution in [3.8, 4) is 0 Å². The van der Waals surface area contributed by atoms with Gasteiger partial charge in [0.25, 0.3) is 0 Å². The number of hydrogen-bond acceptors (Lipinski definition) is 5. The van der Waals surface area contributed by atoms with Crippen LogP contribution in [0.25, 0.3) is 10.8 Å². The van der Waals surface area contributed by atoms with E-state index in [1.807, 2.05) is 60.7 Å². The molecule has 2 aromatic rings. The number of ether oxygens (including phenoxy) is 1. The molecule has 2 unspecified atom stereocenters. The molecule has 5 heteroatoms. The third-order valence-corrected chi connectivity index (χ3v) is 7.18. The van der Waals surface area contributed by atoms with Gasteiger partial charge in [0.15, 0.2) is 5.78 Å². The largest absolute Gasteiger partial charge is 0.468 e. The van der Waals surface area contributed by atoms with Crippen molar-refractivity contribution in [2.45, 2.75) is 30.0 Å². The summed E-state index contributed by atoms with van der Waals surface area (Å²) >= 11 is 0. The number of esters is 1. The number of carbonyl (C=O) groups is 2. The van der Waals surface area contributed by atoms with Crippen molar-refractivity contribution in [1.29, 1.82) is 0 Å². The summed E-state index contributed by atoms with van der Waals surface area (Å²) in [7, 11) is 3.11. The van der Waals surface area contributed by atoms with Gasteiger partial charge in [-0.2, -0.15) is 0 Å². The van der Waals surface area contributed by atoms with Crippen LogP contribution in [0.2, 0.25) is 0 Å². The van der Waals surface area contributed by atoms with E-state index in [0.29, 0.717) is 18.4 Å². The van der Waals surface area contributed by atoms with Crippen molar-refractivity contribution in [1.82, 2.24) is 4.90 Å². The van der Waals surface area contributed by atoms with Crippen LogP contribution in [-0.4, -0.2) is 47.6 Å². The van der Waals surface area contributed by atoms with Gasteiger partial charge >= 0.3 is 5.97 Å². The topological polar surface area (TPSA) is 66.8 Å². The molecule has 1 aliphatic heterocycles. The van der Waals surface area contributed by atoms with Crippen molar-refractivity contribution in [3.05, 3.63) is 71.8 Å². The Morgan fingerprint density at radius 1 is 1.17 bits per heavy atom. The zero-order valence-corrected chi connectivity index (χ0v) is 16.5. The summed E-state index contributed by atoms with van der Waals surface area (Å²) < 4.78 is 5.18. The number of ketones is 1. The lowest BCUT2D eigenvalue weighted by Gasteiger charge is -2.44. The van der Waals surface area contributed by atoms with Gasteiger partial charge in [0, 0.05) is 11.5 Å². The van der Waals surface area contributed by atoms with Crippen LogP contribution in [0.1, 0.15) is 28.8 Å². The first-order valence-corrected chi connectivity index (χ1v) is 9.91. The summed E-state index contributed by atoms with van der Waals surface area (Å²) in [6.07, 6.45) is 7.24. The average molecular weight is 389 g/mol. The van der Waals surface area contributed by atoms with Crippen molar-refractivity contribution in [2.24, 2.45) is 5.92 Å². The summed E-state index contributed by atoms with van der Waals surface area (Å²) in [6.45, 7) is 0. The summed E-state index contributed by atoms with van der Waals surface area (Å²) in [5.41, 5.74) is -0.697. The van der Waals surface area contributed by atoms with Gasteiger partial charge in [-0.15, -0.1) is 0 Å². The standard InChI is InChI=1S/C24H23NO4/c1-25-23(18-12-6-10-15-9-5-11-17(19(15)18)21(23)27)13-14-24(25,22(28)29-2)20(26)16-7-3-4-8-16/h3-12,16,20,26H,13-14H2,1-2H3/t20?,23-,24?/m1/s1. The van der Waals surface area contributed by atoms with E-state index in [9.17, 15) is 14.7 Å². The number of Topliss-reactive ketones (excluding diaryl/α,β-unsaturated/α-hetero) is 1. The molecule has 1 heterocycles. The Bertz CT molecular complexity index is 1090. The summed E-state index contributed by atoms with van der Waals surface area (Å²) in [6, 6.07) is 11.7. The smallest absolute Gasteiger partial charge is 0.329 e. The lowest BCUT2D eigenvalue weighted by Crippen LogP contribution is -2.63. The van der Waals surface area contributed by atoms with Crippen molar-refractivity contribution in [2.75, 3.05) is 14.2 Å². The summed E-state index contributed by atoms with van der Waals surface area (Å²) in [4.78, 5) is 28.7. The number of rotatable bonds is 3. The van der Waals surface area contributed by atoms with Gasteiger partial charge in [-0.25, -0.2) is 4.79 Å². The SMILES string of the molecule is COC(=O)C1(C(O)C2C=CC=C2)CC[C@@]2(C(=O)c3cccc4cccc2c34)N1C. The van der Waals surface area contributed by atoms with Gasteiger partial charge in [0.05, 0.1) is 13.2 Å². The molecule has 1 fully saturated rings. The molecule has 1 saturated heterocycles. The van der Waals surface area contributed by atoms with E-state index in [-0.39, 0.29) is 11.7 Å². The van der Waals surface area contributed by atoms with Crippen LogP contribution >= 0.6 is 0 Å². The number of likely N-dealkylation sites (N-methyl/N-ethyl adjacent to an activating group) is 1. The number of aliphatic hydroxyl groups excluding tert-OH is 1. The Hall–Kier alpha value is -2.76. The molecule has 2 aromatic carbocycles. The molecule has 5 nitrogen and oxygen atoms in total. The molecular weight excluding hydrogens is 366 g/mol. The fourth-order valence-corrected chi connectivity index (χ4v) is 5.71. The summed E-state index contributed by atoms with van der Waals surface area (Å²) in [5.74, 6) is -0.822. The van der Waals surface area contributed by atoms with Crippen molar-refractivity contribution in [3.63, 3.8) is 0 Å². The molecule has 0 bridgehead atoms. The molecule has 0 aromatic heterocycles. The lowest BCUT2D eigenvalue weighted by molar-refractivity contribution is -0.164. The second-order valence-electron chi connectivity index (χ2n) is 8.17. The molecule has 29 heavy (non-hydrogen) atoms. The fraction of sp³-hybridized carbons (Fsp3) is 0.333. The van der Waals surface area contributed by atoms with Crippen LogP contribution in [0.4, 0.5) is 0 Å². The number of allylic oxidation sites excluding steroid dienone is 2. The molecule has 3 atom stereocenters. The van der Waals surface area contributed by atoms with Crippen LogP contribution in [0.3, 0.4) is 0 Å². The zero-order chi connectivity index (χ0) is 20.4. The van der Waals surface area contributed by atoms with Gasteiger partial charge in [0.2, 0.25) is 0 Å². The highest BCUT2D eigenvalue weighted by Crippen LogP contribution is 2.56. The van der Waals surface area contributed by atoms with Crippen LogP contribution < -0.4 is 0 Å². The van der Waals surface area contributed by atoms with Crippen LogP contribution in [0.15, 0.2) is 60.7 Å². The predicted octanol–water partition coefficient (Wildman–Crippen LogP) is 2.97. The van der Waals surface area contributed by atoms with Crippen molar-refractivity contribution >= 4 is 22.5 Å². The van der Waals surface area contributed by atoms with E-state index < -0.39 is 23.2 Å². The number of nitrogens with zero attached hydrogens (tertiary/aromatic N) is 1. The van der Waals surface area contributed by atoms with E-state index in [1.54, 1.807) is 11.9 Å². The third kappa shape index (κ3) is 2.07. The van der Waals surface area contributed by atoms with E-state index in [4.69, 9.17) is 4.74 Å². The Kier molecular flexibility index (Phi) is 3.86. The average Bonchev–Trinajstić information content (AvgIpc) is 3.44. The Balaban J connectivity index is 1.71. The molecule has 148 valence electrons. The van der Waals surface area contributed by atoms with Crippen molar-refractivity contribution < 1.29 is 19.4 Å². The maximum atomic E-state index is 13.8. The molecule has 2 aliphatic carbocycles. The van der Waals surface area contributed by atoms with Gasteiger partial charge in [-0.3, -0.25) is 9.69 Å².